The molecule has 0 radical (unpaired) electrons. The van der Waals surface area contributed by atoms with E-state index in [0.29, 0.717) is 31.1 Å². The van der Waals surface area contributed by atoms with Crippen molar-refractivity contribution in [3.05, 3.63) is 48.2 Å². The van der Waals surface area contributed by atoms with Crippen molar-refractivity contribution in [2.24, 2.45) is 0 Å². The maximum Gasteiger partial charge on any atom is 0.319 e. The van der Waals surface area contributed by atoms with Crippen LogP contribution in [0.4, 0.5) is 16.3 Å². The van der Waals surface area contributed by atoms with Gasteiger partial charge in [0.2, 0.25) is 5.91 Å². The molecule has 0 unspecified atom stereocenters. The molecule has 3 amide bonds. The number of para-hydroxylation sites is 2. The number of benzene rings is 1. The Balaban J connectivity index is 1.61. The summed E-state index contributed by atoms with van der Waals surface area (Å²) in [5.74, 6) is 1.53. The van der Waals surface area contributed by atoms with Crippen LogP contribution in [0.25, 0.3) is 0 Å². The highest BCUT2D eigenvalue weighted by Crippen LogP contribution is 2.23. The lowest BCUT2D eigenvalue weighted by atomic mass is 10.2. The summed E-state index contributed by atoms with van der Waals surface area (Å²) in [7, 11) is 1.56. The van der Waals surface area contributed by atoms with Gasteiger partial charge in [-0.3, -0.25) is 4.79 Å². The third-order valence-electron chi connectivity index (χ3n) is 4.69. The highest BCUT2D eigenvalue weighted by Gasteiger charge is 2.21. The first-order chi connectivity index (χ1) is 13.6. The Morgan fingerprint density at radius 1 is 1.11 bits per heavy atom. The zero-order chi connectivity index (χ0) is 19.9. The van der Waals surface area contributed by atoms with E-state index in [1.807, 2.05) is 29.2 Å². The van der Waals surface area contributed by atoms with Crippen LogP contribution >= 0.6 is 0 Å². The van der Waals surface area contributed by atoms with Crippen LogP contribution in [0.5, 0.6) is 5.75 Å². The molecule has 0 bridgehead atoms. The fourth-order valence-electron chi connectivity index (χ4n) is 3.18. The predicted octanol–water partition coefficient (Wildman–Crippen LogP) is 2.08. The average Bonchev–Trinajstić information content (AvgIpc) is 2.73. The van der Waals surface area contributed by atoms with E-state index < -0.39 is 0 Å². The van der Waals surface area contributed by atoms with Gasteiger partial charge in [0.05, 0.1) is 12.8 Å². The Morgan fingerprint density at radius 3 is 2.57 bits per heavy atom. The molecule has 2 N–H and O–H groups in total. The number of anilines is 2. The summed E-state index contributed by atoms with van der Waals surface area (Å²) >= 11 is 0. The molecule has 8 nitrogen and oxygen atoms in total. The molecule has 8 heteroatoms. The summed E-state index contributed by atoms with van der Waals surface area (Å²) in [4.78, 5) is 32.3. The minimum absolute atomic E-state index is 0.0931. The molecule has 2 heterocycles. The van der Waals surface area contributed by atoms with E-state index in [-0.39, 0.29) is 11.9 Å². The Morgan fingerprint density at radius 2 is 1.86 bits per heavy atom. The molecule has 0 atom stereocenters. The van der Waals surface area contributed by atoms with Gasteiger partial charge in [-0.2, -0.15) is 0 Å². The minimum Gasteiger partial charge on any atom is -0.495 e. The highest BCUT2D eigenvalue weighted by atomic mass is 16.5. The average molecular weight is 383 g/mol. The fraction of sp³-hybridized carbons (Fsp3) is 0.350. The van der Waals surface area contributed by atoms with Gasteiger partial charge in [0.15, 0.2) is 0 Å². The third kappa shape index (κ3) is 4.70. The maximum atomic E-state index is 12.3. The van der Waals surface area contributed by atoms with Crippen LogP contribution in [0.2, 0.25) is 0 Å². The monoisotopic (exact) mass is 383 g/mol. The first kappa shape index (κ1) is 19.5. The van der Waals surface area contributed by atoms with Crippen molar-refractivity contribution in [3.63, 3.8) is 0 Å². The number of ether oxygens (including phenoxy) is 1. The van der Waals surface area contributed by atoms with Crippen molar-refractivity contribution in [1.82, 2.24) is 15.2 Å². The molecule has 148 valence electrons. The number of nitrogens with zero attached hydrogens (tertiary/aromatic N) is 3. The number of carbonyl (C=O) groups is 2. The van der Waals surface area contributed by atoms with Crippen LogP contribution in [0.1, 0.15) is 12.5 Å². The molecule has 0 aliphatic carbocycles. The van der Waals surface area contributed by atoms with Crippen molar-refractivity contribution < 1.29 is 14.3 Å². The summed E-state index contributed by atoms with van der Waals surface area (Å²) in [6.45, 7) is 4.72. The molecule has 2 aromatic rings. The van der Waals surface area contributed by atoms with Crippen molar-refractivity contribution in [2.45, 2.75) is 13.5 Å². The van der Waals surface area contributed by atoms with Gasteiger partial charge in [0, 0.05) is 51.4 Å². The maximum absolute atomic E-state index is 12.3. The zero-order valence-corrected chi connectivity index (χ0v) is 16.1. The van der Waals surface area contributed by atoms with Gasteiger partial charge < -0.3 is 25.2 Å². The number of hydrogen-bond donors (Lipinski definition) is 2. The van der Waals surface area contributed by atoms with E-state index in [4.69, 9.17) is 4.74 Å². The van der Waals surface area contributed by atoms with Gasteiger partial charge in [0.25, 0.3) is 0 Å². The molecule has 0 spiro atoms. The lowest BCUT2D eigenvalue weighted by molar-refractivity contribution is -0.129. The molecular weight excluding hydrogens is 358 g/mol. The highest BCUT2D eigenvalue weighted by molar-refractivity contribution is 5.90. The second kappa shape index (κ2) is 9.07. The van der Waals surface area contributed by atoms with E-state index in [1.165, 1.54) is 0 Å². The van der Waals surface area contributed by atoms with Gasteiger partial charge in [-0.1, -0.05) is 18.2 Å². The molecule has 28 heavy (non-hydrogen) atoms. The van der Waals surface area contributed by atoms with Crippen LogP contribution in [0.3, 0.4) is 0 Å². The van der Waals surface area contributed by atoms with Crippen LogP contribution in [-0.2, 0) is 11.3 Å². The van der Waals surface area contributed by atoms with Gasteiger partial charge >= 0.3 is 6.03 Å². The predicted molar refractivity (Wildman–Crippen MR) is 108 cm³/mol. The zero-order valence-electron chi connectivity index (χ0n) is 16.1. The second-order valence-electron chi connectivity index (χ2n) is 6.49. The quantitative estimate of drug-likeness (QED) is 0.826. The first-order valence-electron chi connectivity index (χ1n) is 9.20. The Kier molecular flexibility index (Phi) is 6.31. The van der Waals surface area contributed by atoms with Crippen LogP contribution in [0.15, 0.2) is 42.6 Å². The van der Waals surface area contributed by atoms with Crippen LogP contribution < -0.4 is 20.3 Å². The smallest absolute Gasteiger partial charge is 0.319 e. The van der Waals surface area contributed by atoms with Crippen molar-refractivity contribution in [2.75, 3.05) is 43.5 Å². The number of carbonyl (C=O) groups excluding carboxylic acids is 2. The molecule has 1 aliphatic heterocycles. The summed E-state index contributed by atoms with van der Waals surface area (Å²) in [6, 6.07) is 10.7. The van der Waals surface area contributed by atoms with Gasteiger partial charge in [-0.05, 0) is 18.2 Å². The van der Waals surface area contributed by atoms with Gasteiger partial charge in [-0.25, -0.2) is 9.78 Å². The topological polar surface area (TPSA) is 86.8 Å². The van der Waals surface area contributed by atoms with Gasteiger partial charge in [0.1, 0.15) is 11.6 Å². The van der Waals surface area contributed by atoms with E-state index in [1.54, 1.807) is 32.4 Å². The standard InChI is InChI=1S/C20H25N5O3/c1-15(26)24-10-12-25(13-11-24)19-16(6-5-9-21-19)14-22-20(27)23-17-7-3-4-8-18(17)28-2/h3-9H,10-14H2,1-2H3,(H2,22,23,27). The number of rotatable bonds is 5. The molecule has 1 aromatic carbocycles. The van der Waals surface area contributed by atoms with Crippen molar-refractivity contribution in [3.8, 4) is 5.75 Å². The minimum atomic E-state index is -0.319. The molecule has 1 saturated heterocycles. The Labute approximate surface area is 164 Å². The number of hydrogen-bond acceptors (Lipinski definition) is 5. The van der Waals surface area contributed by atoms with Crippen LogP contribution in [-0.4, -0.2) is 55.1 Å². The van der Waals surface area contributed by atoms with Crippen molar-refractivity contribution >= 4 is 23.4 Å². The molecule has 0 saturated carbocycles. The summed E-state index contributed by atoms with van der Waals surface area (Å²) in [5.41, 5.74) is 1.53. The SMILES string of the molecule is COc1ccccc1NC(=O)NCc1cccnc1N1CCN(C(C)=O)CC1. The number of amides is 3. The summed E-state index contributed by atoms with van der Waals surface area (Å²) in [5, 5.41) is 5.66. The number of pyridine rings is 1. The molecule has 3 rings (SSSR count). The van der Waals surface area contributed by atoms with E-state index in [9.17, 15) is 9.59 Å². The lowest BCUT2D eigenvalue weighted by Gasteiger charge is -2.35. The Bertz CT molecular complexity index is 834. The summed E-state index contributed by atoms with van der Waals surface area (Å²) in [6.07, 6.45) is 1.74. The molecular formula is C20H25N5O3. The number of methoxy groups -OCH3 is 1. The normalized spacial score (nSPS) is 13.8. The van der Waals surface area contributed by atoms with Crippen molar-refractivity contribution in [1.29, 1.82) is 0 Å². The van der Waals surface area contributed by atoms with E-state index in [2.05, 4.69) is 20.5 Å². The second-order valence-corrected chi connectivity index (χ2v) is 6.49. The number of aromatic nitrogens is 1. The lowest BCUT2D eigenvalue weighted by Crippen LogP contribution is -2.48. The Hall–Kier alpha value is -3.29. The number of piperazine rings is 1. The third-order valence-corrected chi connectivity index (χ3v) is 4.69. The van der Waals surface area contributed by atoms with E-state index >= 15 is 0 Å². The van der Waals surface area contributed by atoms with E-state index in [0.717, 1.165) is 24.5 Å². The van der Waals surface area contributed by atoms with Gasteiger partial charge in [-0.15, -0.1) is 0 Å². The van der Waals surface area contributed by atoms with Crippen LogP contribution in [0, 0.1) is 0 Å². The number of nitrogens with one attached hydrogen (secondary N) is 2. The number of urea groups is 1. The molecule has 1 fully saturated rings. The molecule has 1 aliphatic rings. The fourth-order valence-corrected chi connectivity index (χ4v) is 3.18. The molecule has 1 aromatic heterocycles. The summed E-state index contributed by atoms with van der Waals surface area (Å²) < 4.78 is 5.25. The first-order valence-corrected chi connectivity index (χ1v) is 9.20. The largest absolute Gasteiger partial charge is 0.495 e.